The number of carboxylic acid groups (broad SMARTS) is 1. The zero-order chi connectivity index (χ0) is 19.1. The number of rotatable bonds is 2. The fraction of sp³-hybridized carbons (Fsp3) is 0.619. The molecule has 0 aromatic heterocycles. The van der Waals surface area contributed by atoms with E-state index < -0.39 is 17.7 Å². The van der Waals surface area contributed by atoms with E-state index in [1.54, 1.807) is 6.07 Å². The molecule has 0 bridgehead atoms. The van der Waals surface area contributed by atoms with Crippen molar-refractivity contribution in [2.24, 2.45) is 11.3 Å². The van der Waals surface area contributed by atoms with Gasteiger partial charge in [0.15, 0.2) is 6.04 Å². The standard InChI is InChI=1S/C21H29NO4/c1-14-7-5-6-8-16(14)18(23)22-17(19(24)25)13-26-21(22)11-9-15(10-12-21)20(2,3)4/h5-8,15,17H,9-13H2,1-4H3,(H,24,25)/t15?,17-,21?/m1/s1. The van der Waals surface area contributed by atoms with Gasteiger partial charge in [-0.2, -0.15) is 0 Å². The predicted molar refractivity (Wildman–Crippen MR) is 98.9 cm³/mol. The molecular weight excluding hydrogens is 330 g/mol. The van der Waals surface area contributed by atoms with Crippen LogP contribution in [-0.2, 0) is 9.53 Å². The number of ether oxygens (including phenoxy) is 1. The largest absolute Gasteiger partial charge is 0.480 e. The molecule has 5 heteroatoms. The van der Waals surface area contributed by atoms with Crippen LogP contribution in [0.5, 0.6) is 0 Å². The fourth-order valence-electron chi connectivity index (χ4n) is 4.43. The van der Waals surface area contributed by atoms with Crippen molar-refractivity contribution in [1.82, 2.24) is 4.90 Å². The van der Waals surface area contributed by atoms with Crippen LogP contribution in [0, 0.1) is 18.3 Å². The molecule has 1 aliphatic heterocycles. The summed E-state index contributed by atoms with van der Waals surface area (Å²) < 4.78 is 6.04. The number of benzene rings is 1. The summed E-state index contributed by atoms with van der Waals surface area (Å²) in [6.45, 7) is 8.65. The highest BCUT2D eigenvalue weighted by atomic mass is 16.5. The van der Waals surface area contributed by atoms with Gasteiger partial charge in [0.25, 0.3) is 5.91 Å². The number of carbonyl (C=O) groups excluding carboxylic acids is 1. The minimum Gasteiger partial charge on any atom is -0.480 e. The first-order valence-electron chi connectivity index (χ1n) is 9.42. The van der Waals surface area contributed by atoms with E-state index in [1.807, 2.05) is 25.1 Å². The first-order valence-corrected chi connectivity index (χ1v) is 9.42. The Morgan fingerprint density at radius 2 is 1.81 bits per heavy atom. The second-order valence-electron chi connectivity index (χ2n) is 8.74. The quantitative estimate of drug-likeness (QED) is 0.871. The minimum atomic E-state index is -0.998. The number of carbonyl (C=O) groups is 2. The maximum Gasteiger partial charge on any atom is 0.328 e. The van der Waals surface area contributed by atoms with Crippen molar-refractivity contribution < 1.29 is 19.4 Å². The van der Waals surface area contributed by atoms with E-state index >= 15 is 0 Å². The first-order chi connectivity index (χ1) is 12.2. The van der Waals surface area contributed by atoms with Crippen molar-refractivity contribution in [3.05, 3.63) is 35.4 Å². The molecule has 1 saturated carbocycles. The van der Waals surface area contributed by atoms with Crippen LogP contribution < -0.4 is 0 Å². The molecule has 0 radical (unpaired) electrons. The highest BCUT2D eigenvalue weighted by Crippen LogP contribution is 2.47. The number of hydrogen-bond acceptors (Lipinski definition) is 3. The zero-order valence-electron chi connectivity index (χ0n) is 16.1. The smallest absolute Gasteiger partial charge is 0.328 e. The predicted octanol–water partition coefficient (Wildman–Crippen LogP) is 3.85. The van der Waals surface area contributed by atoms with E-state index in [0.717, 1.165) is 18.4 Å². The summed E-state index contributed by atoms with van der Waals surface area (Å²) in [6, 6.07) is 6.42. The zero-order valence-corrected chi connectivity index (χ0v) is 16.1. The Kier molecular flexibility index (Phi) is 4.86. The molecular formula is C21H29NO4. The van der Waals surface area contributed by atoms with E-state index in [1.165, 1.54) is 4.90 Å². The van der Waals surface area contributed by atoms with E-state index in [2.05, 4.69) is 20.8 Å². The summed E-state index contributed by atoms with van der Waals surface area (Å²) in [5.74, 6) is -0.681. The third kappa shape index (κ3) is 3.25. The Balaban J connectivity index is 1.92. The van der Waals surface area contributed by atoms with Gasteiger partial charge in [-0.1, -0.05) is 39.0 Å². The summed E-state index contributed by atoms with van der Waals surface area (Å²) in [5, 5.41) is 9.67. The molecule has 0 unspecified atom stereocenters. The third-order valence-corrected chi connectivity index (χ3v) is 6.13. The molecule has 26 heavy (non-hydrogen) atoms. The first kappa shape index (κ1) is 18.9. The molecule has 5 nitrogen and oxygen atoms in total. The average Bonchev–Trinajstić information content (AvgIpc) is 2.93. The highest BCUT2D eigenvalue weighted by molar-refractivity contribution is 5.98. The number of aryl methyl sites for hydroxylation is 1. The van der Waals surface area contributed by atoms with E-state index in [-0.39, 0.29) is 17.9 Å². The van der Waals surface area contributed by atoms with Crippen LogP contribution in [0.4, 0.5) is 0 Å². The molecule has 142 valence electrons. The summed E-state index contributed by atoms with van der Waals surface area (Å²) in [4.78, 5) is 26.6. The van der Waals surface area contributed by atoms with Gasteiger partial charge in [0.2, 0.25) is 0 Å². The monoisotopic (exact) mass is 359 g/mol. The summed E-state index contributed by atoms with van der Waals surface area (Å²) >= 11 is 0. The van der Waals surface area contributed by atoms with Gasteiger partial charge in [-0.3, -0.25) is 9.69 Å². The lowest BCUT2D eigenvalue weighted by molar-refractivity contribution is -0.144. The topological polar surface area (TPSA) is 66.8 Å². The lowest BCUT2D eigenvalue weighted by atomic mass is 9.70. The van der Waals surface area contributed by atoms with Gasteiger partial charge in [0.05, 0.1) is 6.61 Å². The molecule has 1 spiro atoms. The van der Waals surface area contributed by atoms with Crippen molar-refractivity contribution in [3.63, 3.8) is 0 Å². The van der Waals surface area contributed by atoms with Crippen molar-refractivity contribution >= 4 is 11.9 Å². The third-order valence-electron chi connectivity index (χ3n) is 6.13. The molecule has 1 aromatic rings. The van der Waals surface area contributed by atoms with Crippen LogP contribution >= 0.6 is 0 Å². The lowest BCUT2D eigenvalue weighted by Crippen LogP contribution is -2.55. The maximum absolute atomic E-state index is 13.3. The molecule has 1 heterocycles. The summed E-state index contributed by atoms with van der Waals surface area (Å²) in [5.41, 5.74) is 0.829. The number of hydrogen-bond donors (Lipinski definition) is 1. The fourth-order valence-corrected chi connectivity index (χ4v) is 4.43. The number of aliphatic carboxylic acids is 1. The van der Waals surface area contributed by atoms with E-state index in [9.17, 15) is 14.7 Å². The van der Waals surface area contributed by atoms with Crippen LogP contribution in [-0.4, -0.2) is 40.3 Å². The average molecular weight is 359 g/mol. The van der Waals surface area contributed by atoms with Crippen molar-refractivity contribution in [2.75, 3.05) is 6.61 Å². The second kappa shape index (κ2) is 6.69. The second-order valence-corrected chi connectivity index (χ2v) is 8.74. The Bertz CT molecular complexity index is 698. The molecule has 3 rings (SSSR count). The van der Waals surface area contributed by atoms with Crippen LogP contribution in [0.15, 0.2) is 24.3 Å². The van der Waals surface area contributed by atoms with Crippen molar-refractivity contribution in [2.45, 2.75) is 65.1 Å². The number of amides is 1. The van der Waals surface area contributed by atoms with Crippen LogP contribution in [0.3, 0.4) is 0 Å². The molecule has 2 fully saturated rings. The minimum absolute atomic E-state index is 0.0626. The summed E-state index contributed by atoms with van der Waals surface area (Å²) in [6.07, 6.45) is 3.26. The van der Waals surface area contributed by atoms with Gasteiger partial charge < -0.3 is 9.84 Å². The molecule has 2 aliphatic rings. The molecule has 1 saturated heterocycles. The molecule has 1 aromatic carbocycles. The number of carboxylic acids is 1. The molecule has 1 amide bonds. The van der Waals surface area contributed by atoms with Crippen LogP contribution in [0.1, 0.15) is 62.4 Å². The van der Waals surface area contributed by atoms with E-state index in [4.69, 9.17) is 4.74 Å². The van der Waals surface area contributed by atoms with Gasteiger partial charge in [-0.15, -0.1) is 0 Å². The Morgan fingerprint density at radius 1 is 1.19 bits per heavy atom. The van der Waals surface area contributed by atoms with Gasteiger partial charge in [0.1, 0.15) is 5.72 Å². The van der Waals surface area contributed by atoms with Crippen LogP contribution in [0.2, 0.25) is 0 Å². The van der Waals surface area contributed by atoms with Gasteiger partial charge >= 0.3 is 5.97 Å². The van der Waals surface area contributed by atoms with Gasteiger partial charge in [-0.05, 0) is 55.6 Å². The molecule has 1 N–H and O–H groups in total. The van der Waals surface area contributed by atoms with Gasteiger partial charge in [0, 0.05) is 5.56 Å². The van der Waals surface area contributed by atoms with Gasteiger partial charge in [-0.25, -0.2) is 4.79 Å². The highest BCUT2D eigenvalue weighted by Gasteiger charge is 2.54. The van der Waals surface area contributed by atoms with Crippen LogP contribution in [0.25, 0.3) is 0 Å². The SMILES string of the molecule is Cc1ccccc1C(=O)N1[C@@H](C(=O)O)COC12CCC(C(C)(C)C)CC2. The molecule has 1 aliphatic carbocycles. The normalized spacial score (nSPS) is 29.2. The van der Waals surface area contributed by atoms with Crippen molar-refractivity contribution in [1.29, 1.82) is 0 Å². The summed E-state index contributed by atoms with van der Waals surface area (Å²) in [7, 11) is 0. The number of nitrogens with zero attached hydrogens (tertiary/aromatic N) is 1. The Morgan fingerprint density at radius 3 is 2.35 bits per heavy atom. The maximum atomic E-state index is 13.3. The van der Waals surface area contributed by atoms with Crippen molar-refractivity contribution in [3.8, 4) is 0 Å². The Hall–Kier alpha value is -1.88. The Labute approximate surface area is 155 Å². The lowest BCUT2D eigenvalue weighted by Gasteiger charge is -2.46. The van der Waals surface area contributed by atoms with E-state index in [0.29, 0.717) is 24.3 Å². The molecule has 1 atom stereocenters.